The molecule has 2 atom stereocenters. The van der Waals surface area contributed by atoms with Crippen LogP contribution in [0.2, 0.25) is 0 Å². The number of rotatable bonds is 5. The van der Waals surface area contributed by atoms with Gasteiger partial charge in [-0.25, -0.2) is 0 Å². The van der Waals surface area contributed by atoms with Gasteiger partial charge < -0.3 is 10.0 Å². The Hall–Kier alpha value is -2.10. The van der Waals surface area contributed by atoms with Crippen molar-refractivity contribution in [1.82, 2.24) is 4.90 Å². The van der Waals surface area contributed by atoms with Gasteiger partial charge in [-0.15, -0.1) is 0 Å². The number of benzene rings is 1. The second kappa shape index (κ2) is 7.44. The van der Waals surface area contributed by atoms with Gasteiger partial charge in [0.05, 0.1) is 5.92 Å². The molecule has 1 aliphatic heterocycles. The van der Waals surface area contributed by atoms with Crippen molar-refractivity contribution in [3.63, 3.8) is 0 Å². The predicted octanol–water partition coefficient (Wildman–Crippen LogP) is 3.39. The van der Waals surface area contributed by atoms with Crippen LogP contribution < -0.4 is 0 Å². The molecule has 1 fully saturated rings. The number of carboxylic acids is 1. The van der Waals surface area contributed by atoms with Crippen LogP contribution in [0.5, 0.6) is 0 Å². The van der Waals surface area contributed by atoms with Crippen LogP contribution in [0, 0.1) is 11.8 Å². The maximum atomic E-state index is 12.2. The number of nitrogens with zero attached hydrogens (tertiary/aromatic N) is 1. The summed E-state index contributed by atoms with van der Waals surface area (Å²) in [5.41, 5.74) is 2.37. The van der Waals surface area contributed by atoms with Crippen LogP contribution in [0.15, 0.2) is 30.3 Å². The highest BCUT2D eigenvalue weighted by Gasteiger charge is 2.36. The quantitative estimate of drug-likeness (QED) is 0.906. The molecule has 0 bridgehead atoms. The van der Waals surface area contributed by atoms with Crippen LogP contribution >= 0.6 is 0 Å². The first-order valence-electron chi connectivity index (χ1n) is 8.15. The van der Waals surface area contributed by atoms with E-state index in [1.807, 2.05) is 19.1 Å². The van der Waals surface area contributed by atoms with Crippen molar-refractivity contribution in [1.29, 1.82) is 0 Å². The second-order valence-corrected chi connectivity index (χ2v) is 6.65. The Morgan fingerprint density at radius 3 is 2.43 bits per heavy atom. The molecule has 1 aromatic carbocycles. The van der Waals surface area contributed by atoms with Gasteiger partial charge in [-0.1, -0.05) is 57.2 Å². The number of amides is 1. The molecule has 0 saturated carbocycles. The van der Waals surface area contributed by atoms with E-state index in [4.69, 9.17) is 5.11 Å². The second-order valence-electron chi connectivity index (χ2n) is 6.65. The lowest BCUT2D eigenvalue weighted by molar-refractivity contribution is -0.142. The Balaban J connectivity index is 1.88. The summed E-state index contributed by atoms with van der Waals surface area (Å²) in [6.07, 6.45) is 4.10. The number of hydrogen-bond acceptors (Lipinski definition) is 2. The largest absolute Gasteiger partial charge is 0.481 e. The summed E-state index contributed by atoms with van der Waals surface area (Å²) in [7, 11) is 0. The minimum Gasteiger partial charge on any atom is -0.481 e. The molecule has 1 N–H and O–H groups in total. The molecule has 1 amide bonds. The van der Waals surface area contributed by atoms with E-state index >= 15 is 0 Å². The Morgan fingerprint density at radius 2 is 1.91 bits per heavy atom. The highest BCUT2D eigenvalue weighted by Crippen LogP contribution is 2.23. The highest BCUT2D eigenvalue weighted by atomic mass is 16.4. The topological polar surface area (TPSA) is 57.6 Å². The first kappa shape index (κ1) is 17.3. The fraction of sp³-hybridized carbons (Fsp3) is 0.474. The Kier molecular flexibility index (Phi) is 5.59. The smallest absolute Gasteiger partial charge is 0.308 e. The van der Waals surface area contributed by atoms with Crippen LogP contribution in [0.3, 0.4) is 0 Å². The van der Waals surface area contributed by atoms with Crippen LogP contribution in [0.25, 0.3) is 6.08 Å². The van der Waals surface area contributed by atoms with Crippen LogP contribution in [-0.4, -0.2) is 35.0 Å². The van der Waals surface area contributed by atoms with Gasteiger partial charge in [0.25, 0.3) is 0 Å². The van der Waals surface area contributed by atoms with Gasteiger partial charge in [0.15, 0.2) is 0 Å². The van der Waals surface area contributed by atoms with Crippen molar-refractivity contribution < 1.29 is 14.7 Å². The molecule has 0 radical (unpaired) electrons. The van der Waals surface area contributed by atoms with E-state index in [2.05, 4.69) is 38.1 Å². The van der Waals surface area contributed by atoms with Crippen molar-refractivity contribution in [3.8, 4) is 0 Å². The summed E-state index contributed by atoms with van der Waals surface area (Å²) in [6.45, 7) is 7.06. The van der Waals surface area contributed by atoms with Gasteiger partial charge in [-0.05, 0) is 23.0 Å². The number of hydrogen-bond donors (Lipinski definition) is 1. The summed E-state index contributed by atoms with van der Waals surface area (Å²) in [4.78, 5) is 24.9. The van der Waals surface area contributed by atoms with Gasteiger partial charge in [-0.2, -0.15) is 0 Å². The normalized spacial score (nSPS) is 21.3. The van der Waals surface area contributed by atoms with E-state index in [0.717, 1.165) is 5.56 Å². The first-order valence-corrected chi connectivity index (χ1v) is 8.15. The average Bonchev–Trinajstić information content (AvgIpc) is 2.90. The molecule has 1 saturated heterocycles. The molecule has 0 unspecified atom stereocenters. The molecule has 4 nitrogen and oxygen atoms in total. The van der Waals surface area contributed by atoms with Gasteiger partial charge in [0.1, 0.15) is 0 Å². The number of carbonyl (C=O) groups is 2. The molecule has 23 heavy (non-hydrogen) atoms. The van der Waals surface area contributed by atoms with Crippen LogP contribution in [-0.2, 0) is 9.59 Å². The van der Waals surface area contributed by atoms with E-state index in [1.165, 1.54) is 5.56 Å². The minimum absolute atomic E-state index is 0.00403. The molecule has 1 aliphatic rings. The van der Waals surface area contributed by atoms with Crippen molar-refractivity contribution in [2.24, 2.45) is 11.8 Å². The molecule has 4 heteroatoms. The number of aliphatic carboxylic acids is 1. The summed E-state index contributed by atoms with van der Waals surface area (Å²) >= 11 is 0. The zero-order valence-corrected chi connectivity index (χ0v) is 14.0. The first-order chi connectivity index (χ1) is 10.9. The van der Waals surface area contributed by atoms with Crippen molar-refractivity contribution in [3.05, 3.63) is 41.5 Å². The number of likely N-dealkylation sites (tertiary alicyclic amines) is 1. The van der Waals surface area contributed by atoms with E-state index in [-0.39, 0.29) is 11.8 Å². The third-order valence-corrected chi connectivity index (χ3v) is 4.49. The predicted molar refractivity (Wildman–Crippen MR) is 91.1 cm³/mol. The Morgan fingerprint density at radius 1 is 1.26 bits per heavy atom. The van der Waals surface area contributed by atoms with Crippen LogP contribution in [0.4, 0.5) is 0 Å². The Bertz CT molecular complexity index is 589. The third kappa shape index (κ3) is 4.44. The lowest BCUT2D eigenvalue weighted by atomic mass is 9.99. The fourth-order valence-corrected chi connectivity index (χ4v) is 2.91. The van der Waals surface area contributed by atoms with E-state index in [0.29, 0.717) is 25.4 Å². The van der Waals surface area contributed by atoms with Crippen LogP contribution in [0.1, 0.15) is 44.2 Å². The summed E-state index contributed by atoms with van der Waals surface area (Å²) < 4.78 is 0. The van der Waals surface area contributed by atoms with E-state index in [9.17, 15) is 9.59 Å². The van der Waals surface area contributed by atoms with Crippen molar-refractivity contribution in [2.75, 3.05) is 13.1 Å². The molecule has 0 aliphatic carbocycles. The van der Waals surface area contributed by atoms with Gasteiger partial charge >= 0.3 is 5.97 Å². The standard InChI is InChI=1S/C19H25NO3/c1-13(2)16-9-7-15(8-10-16)5-4-6-18(21)20-11-14(3)17(12-20)19(22)23/h4-5,7-10,13-14,17H,6,11-12H2,1-3H3,(H,22,23)/b5-4+/t14-,17-/m1/s1. The van der Waals surface area contributed by atoms with E-state index in [1.54, 1.807) is 4.90 Å². The third-order valence-electron chi connectivity index (χ3n) is 4.49. The lowest BCUT2D eigenvalue weighted by Gasteiger charge is -2.14. The summed E-state index contributed by atoms with van der Waals surface area (Å²) in [5, 5.41) is 9.12. The average molecular weight is 315 g/mol. The molecule has 124 valence electrons. The summed E-state index contributed by atoms with van der Waals surface area (Å²) in [6, 6.07) is 8.31. The lowest BCUT2D eigenvalue weighted by Crippen LogP contribution is -2.29. The maximum absolute atomic E-state index is 12.2. The molecular formula is C19H25NO3. The highest BCUT2D eigenvalue weighted by molar-refractivity contribution is 5.80. The monoisotopic (exact) mass is 315 g/mol. The molecule has 0 aromatic heterocycles. The van der Waals surface area contributed by atoms with Gasteiger partial charge in [-0.3, -0.25) is 9.59 Å². The Labute approximate surface area is 137 Å². The molecular weight excluding hydrogens is 290 g/mol. The molecule has 2 rings (SSSR count). The zero-order valence-electron chi connectivity index (χ0n) is 14.0. The van der Waals surface area contributed by atoms with E-state index < -0.39 is 11.9 Å². The van der Waals surface area contributed by atoms with Crippen molar-refractivity contribution >= 4 is 18.0 Å². The SMILES string of the molecule is CC(C)c1ccc(/C=C/CC(=O)N2C[C@@H](C)[C@H](C(=O)O)C2)cc1. The van der Waals surface area contributed by atoms with Gasteiger partial charge in [0.2, 0.25) is 5.91 Å². The summed E-state index contributed by atoms with van der Waals surface area (Å²) in [5.74, 6) is -0.728. The number of carboxylic acid groups (broad SMARTS) is 1. The minimum atomic E-state index is -0.811. The number of carbonyl (C=O) groups excluding carboxylic acids is 1. The van der Waals surface area contributed by atoms with Crippen molar-refractivity contribution in [2.45, 2.75) is 33.1 Å². The zero-order chi connectivity index (χ0) is 17.0. The molecule has 1 heterocycles. The van der Waals surface area contributed by atoms with Gasteiger partial charge in [0, 0.05) is 19.5 Å². The molecule has 1 aromatic rings. The fourth-order valence-electron chi connectivity index (χ4n) is 2.91. The maximum Gasteiger partial charge on any atom is 0.308 e. The molecule has 0 spiro atoms.